The lowest BCUT2D eigenvalue weighted by Crippen LogP contribution is -2.17. The van der Waals surface area contributed by atoms with E-state index in [0.29, 0.717) is 36.3 Å². The lowest BCUT2D eigenvalue weighted by atomic mass is 10.1. The SMILES string of the molecule is CCOc1cc(CNCCc2ccc(F)cc2)c(Br)cc1OCc1cccc(Cl)c1. The van der Waals surface area contributed by atoms with Crippen molar-refractivity contribution in [1.82, 2.24) is 5.32 Å². The van der Waals surface area contributed by atoms with E-state index in [4.69, 9.17) is 21.1 Å². The highest BCUT2D eigenvalue weighted by molar-refractivity contribution is 9.10. The van der Waals surface area contributed by atoms with Gasteiger partial charge < -0.3 is 14.8 Å². The van der Waals surface area contributed by atoms with Crippen LogP contribution in [0.5, 0.6) is 11.5 Å². The summed E-state index contributed by atoms with van der Waals surface area (Å²) in [7, 11) is 0. The maximum Gasteiger partial charge on any atom is 0.162 e. The minimum atomic E-state index is -0.211. The van der Waals surface area contributed by atoms with Gasteiger partial charge in [-0.05, 0) is 73.0 Å². The van der Waals surface area contributed by atoms with E-state index in [9.17, 15) is 4.39 Å². The van der Waals surface area contributed by atoms with Gasteiger partial charge >= 0.3 is 0 Å². The number of hydrogen-bond donors (Lipinski definition) is 1. The molecule has 0 saturated heterocycles. The normalized spacial score (nSPS) is 10.8. The first-order valence-electron chi connectivity index (χ1n) is 9.82. The molecule has 0 amide bonds. The van der Waals surface area contributed by atoms with E-state index in [1.165, 1.54) is 12.1 Å². The Labute approximate surface area is 190 Å². The molecule has 3 aromatic rings. The van der Waals surface area contributed by atoms with Gasteiger partial charge in [-0.1, -0.05) is 51.8 Å². The maximum absolute atomic E-state index is 13.0. The lowest BCUT2D eigenvalue weighted by molar-refractivity contribution is 0.269. The summed E-state index contributed by atoms with van der Waals surface area (Å²) in [5.41, 5.74) is 3.17. The molecule has 0 heterocycles. The molecule has 0 saturated carbocycles. The average molecular weight is 493 g/mol. The summed E-state index contributed by atoms with van der Waals surface area (Å²) in [6, 6.07) is 18.1. The van der Waals surface area contributed by atoms with Gasteiger partial charge in [-0.25, -0.2) is 4.39 Å². The van der Waals surface area contributed by atoms with Gasteiger partial charge in [0.15, 0.2) is 11.5 Å². The molecule has 0 aromatic heterocycles. The van der Waals surface area contributed by atoms with Crippen LogP contribution in [0.3, 0.4) is 0 Å². The van der Waals surface area contributed by atoms with Crippen molar-refractivity contribution in [1.29, 1.82) is 0 Å². The standard InChI is InChI=1S/C24H24BrClFNO2/c1-2-29-23-13-19(15-28-11-10-17-6-8-21(27)9-7-17)22(25)14-24(23)30-16-18-4-3-5-20(26)12-18/h3-9,12-14,28H,2,10-11,15-16H2,1H3. The van der Waals surface area contributed by atoms with Gasteiger partial charge in [-0.2, -0.15) is 0 Å². The summed E-state index contributed by atoms with van der Waals surface area (Å²) >= 11 is 9.69. The van der Waals surface area contributed by atoms with Gasteiger partial charge in [0.1, 0.15) is 12.4 Å². The topological polar surface area (TPSA) is 30.5 Å². The van der Waals surface area contributed by atoms with Crippen molar-refractivity contribution >= 4 is 27.5 Å². The highest BCUT2D eigenvalue weighted by Gasteiger charge is 2.11. The molecule has 0 aliphatic heterocycles. The van der Waals surface area contributed by atoms with Gasteiger partial charge in [-0.3, -0.25) is 0 Å². The molecular weight excluding hydrogens is 469 g/mol. The molecule has 0 unspecified atom stereocenters. The fourth-order valence-corrected chi connectivity index (χ4v) is 3.66. The highest BCUT2D eigenvalue weighted by atomic mass is 79.9. The smallest absolute Gasteiger partial charge is 0.162 e. The van der Waals surface area contributed by atoms with Crippen molar-refractivity contribution < 1.29 is 13.9 Å². The van der Waals surface area contributed by atoms with Gasteiger partial charge in [-0.15, -0.1) is 0 Å². The van der Waals surface area contributed by atoms with Crippen LogP contribution in [0.1, 0.15) is 23.6 Å². The van der Waals surface area contributed by atoms with Crippen LogP contribution in [-0.4, -0.2) is 13.2 Å². The Balaban J connectivity index is 1.60. The number of nitrogens with one attached hydrogen (secondary N) is 1. The van der Waals surface area contributed by atoms with E-state index in [1.807, 2.05) is 55.5 Å². The second-order valence-corrected chi connectivity index (χ2v) is 8.09. The first-order valence-corrected chi connectivity index (χ1v) is 11.0. The quantitative estimate of drug-likeness (QED) is 0.325. The molecule has 0 fully saturated rings. The van der Waals surface area contributed by atoms with Crippen molar-refractivity contribution in [2.75, 3.05) is 13.2 Å². The third-order valence-corrected chi connectivity index (χ3v) is 5.49. The lowest BCUT2D eigenvalue weighted by Gasteiger charge is -2.16. The van der Waals surface area contributed by atoms with Crippen LogP contribution in [0.2, 0.25) is 5.02 Å². The molecular formula is C24H24BrClFNO2. The molecule has 0 aliphatic rings. The van der Waals surface area contributed by atoms with Crippen molar-refractivity contribution in [2.24, 2.45) is 0 Å². The average Bonchev–Trinajstić information content (AvgIpc) is 2.73. The Morgan fingerprint density at radius 1 is 0.967 bits per heavy atom. The summed E-state index contributed by atoms with van der Waals surface area (Å²) in [4.78, 5) is 0. The Kier molecular flexibility index (Phi) is 8.55. The molecule has 30 heavy (non-hydrogen) atoms. The van der Waals surface area contributed by atoms with Crippen LogP contribution in [-0.2, 0) is 19.6 Å². The van der Waals surface area contributed by atoms with Crippen LogP contribution in [0.4, 0.5) is 4.39 Å². The predicted molar refractivity (Wildman–Crippen MR) is 123 cm³/mol. The highest BCUT2D eigenvalue weighted by Crippen LogP contribution is 2.34. The van der Waals surface area contributed by atoms with Crippen LogP contribution in [0, 0.1) is 5.82 Å². The van der Waals surface area contributed by atoms with Crippen molar-refractivity contribution in [3.05, 3.63) is 92.7 Å². The molecule has 0 bridgehead atoms. The molecule has 1 N–H and O–H groups in total. The Bertz CT molecular complexity index is 966. The maximum atomic E-state index is 13.0. The third kappa shape index (κ3) is 6.73. The second-order valence-electron chi connectivity index (χ2n) is 6.80. The zero-order chi connectivity index (χ0) is 21.3. The Hall–Kier alpha value is -2.08. The zero-order valence-corrected chi connectivity index (χ0v) is 19.1. The number of rotatable bonds is 10. The molecule has 0 aliphatic carbocycles. The first kappa shape index (κ1) is 22.6. The molecule has 3 rings (SSSR count). The van der Waals surface area contributed by atoms with E-state index >= 15 is 0 Å². The first-order chi connectivity index (χ1) is 14.5. The fraction of sp³-hybridized carbons (Fsp3) is 0.250. The molecule has 6 heteroatoms. The van der Waals surface area contributed by atoms with Gasteiger partial charge in [0.05, 0.1) is 6.61 Å². The van der Waals surface area contributed by atoms with Crippen molar-refractivity contribution in [3.63, 3.8) is 0 Å². The zero-order valence-electron chi connectivity index (χ0n) is 16.8. The largest absolute Gasteiger partial charge is 0.490 e. The number of halogens is 3. The second kappa shape index (κ2) is 11.3. The molecule has 3 aromatic carbocycles. The third-order valence-electron chi connectivity index (χ3n) is 4.52. The van der Waals surface area contributed by atoms with E-state index in [1.54, 1.807) is 0 Å². The summed E-state index contributed by atoms with van der Waals surface area (Å²) in [5.74, 6) is 1.17. The predicted octanol–water partition coefficient (Wildman–Crippen LogP) is 6.55. The van der Waals surface area contributed by atoms with Gasteiger partial charge in [0, 0.05) is 16.0 Å². The van der Waals surface area contributed by atoms with E-state index in [0.717, 1.165) is 34.1 Å². The van der Waals surface area contributed by atoms with Crippen molar-refractivity contribution in [3.8, 4) is 11.5 Å². The van der Waals surface area contributed by atoms with Crippen LogP contribution in [0.15, 0.2) is 65.1 Å². The summed E-state index contributed by atoms with van der Waals surface area (Å²) in [5, 5.41) is 4.11. The van der Waals surface area contributed by atoms with Crippen molar-refractivity contribution in [2.45, 2.75) is 26.5 Å². The van der Waals surface area contributed by atoms with Gasteiger partial charge in [0.25, 0.3) is 0 Å². The monoisotopic (exact) mass is 491 g/mol. The molecule has 158 valence electrons. The molecule has 0 spiro atoms. The number of benzene rings is 3. The summed E-state index contributed by atoms with van der Waals surface area (Å²) in [6.07, 6.45) is 0.830. The van der Waals surface area contributed by atoms with E-state index < -0.39 is 0 Å². The minimum absolute atomic E-state index is 0.211. The molecule has 3 nitrogen and oxygen atoms in total. The van der Waals surface area contributed by atoms with Crippen LogP contribution < -0.4 is 14.8 Å². The Morgan fingerprint density at radius 3 is 2.47 bits per heavy atom. The van der Waals surface area contributed by atoms with Crippen LogP contribution in [0.25, 0.3) is 0 Å². The number of hydrogen-bond acceptors (Lipinski definition) is 3. The fourth-order valence-electron chi connectivity index (χ4n) is 2.99. The number of ether oxygens (including phenoxy) is 2. The van der Waals surface area contributed by atoms with E-state index in [-0.39, 0.29) is 5.82 Å². The molecule has 0 radical (unpaired) electrons. The Morgan fingerprint density at radius 2 is 1.73 bits per heavy atom. The summed E-state index contributed by atoms with van der Waals surface area (Å²) in [6.45, 7) is 4.36. The summed E-state index contributed by atoms with van der Waals surface area (Å²) < 4.78 is 25.7. The minimum Gasteiger partial charge on any atom is -0.490 e. The van der Waals surface area contributed by atoms with Crippen LogP contribution >= 0.6 is 27.5 Å². The van der Waals surface area contributed by atoms with Gasteiger partial charge in [0.2, 0.25) is 0 Å². The van der Waals surface area contributed by atoms with E-state index in [2.05, 4.69) is 21.2 Å². The molecule has 0 atom stereocenters.